The van der Waals surface area contributed by atoms with Gasteiger partial charge in [0.25, 0.3) is 0 Å². The molecule has 17 heavy (non-hydrogen) atoms. The third-order valence-corrected chi connectivity index (χ3v) is 2.89. The van der Waals surface area contributed by atoms with E-state index in [1.54, 1.807) is 6.07 Å². The standard InChI is InChI=1S/C12H14BrClFNO/c1-12(2,3)16-11(17)10(14)8-5-4-7(13)6-9(8)15/h4-6,10H,1-3H3,(H,16,17). The molecular formula is C12H14BrClFNO. The number of carbonyl (C=O) groups excluding carboxylic acids is 1. The Morgan fingerprint density at radius 3 is 2.53 bits per heavy atom. The van der Waals surface area contributed by atoms with E-state index in [9.17, 15) is 9.18 Å². The van der Waals surface area contributed by atoms with E-state index in [0.717, 1.165) is 0 Å². The molecule has 0 fully saturated rings. The maximum atomic E-state index is 13.6. The van der Waals surface area contributed by atoms with E-state index in [2.05, 4.69) is 21.2 Å². The molecule has 1 atom stereocenters. The van der Waals surface area contributed by atoms with Crippen LogP contribution in [0.1, 0.15) is 31.7 Å². The van der Waals surface area contributed by atoms with Crippen molar-refractivity contribution in [2.24, 2.45) is 0 Å². The number of nitrogens with one attached hydrogen (secondary N) is 1. The smallest absolute Gasteiger partial charge is 0.243 e. The van der Waals surface area contributed by atoms with Gasteiger partial charge in [-0.25, -0.2) is 4.39 Å². The average molecular weight is 323 g/mol. The topological polar surface area (TPSA) is 29.1 Å². The Bertz CT molecular complexity index is 431. The number of halogens is 3. The van der Waals surface area contributed by atoms with Crippen LogP contribution in [0.25, 0.3) is 0 Å². The summed E-state index contributed by atoms with van der Waals surface area (Å²) in [4.78, 5) is 11.8. The normalized spacial score (nSPS) is 13.3. The van der Waals surface area contributed by atoms with Gasteiger partial charge in [0.1, 0.15) is 11.2 Å². The van der Waals surface area contributed by atoms with Crippen molar-refractivity contribution in [3.8, 4) is 0 Å². The fraction of sp³-hybridized carbons (Fsp3) is 0.417. The van der Waals surface area contributed by atoms with Crippen molar-refractivity contribution in [2.75, 3.05) is 0 Å². The lowest BCUT2D eigenvalue weighted by atomic mass is 10.1. The number of rotatable bonds is 2. The van der Waals surface area contributed by atoms with E-state index in [4.69, 9.17) is 11.6 Å². The van der Waals surface area contributed by atoms with Crippen molar-refractivity contribution in [1.29, 1.82) is 0 Å². The molecule has 2 nitrogen and oxygen atoms in total. The molecule has 1 aromatic carbocycles. The quantitative estimate of drug-likeness (QED) is 0.825. The second-order valence-electron chi connectivity index (χ2n) is 4.77. The van der Waals surface area contributed by atoms with Gasteiger partial charge in [-0.2, -0.15) is 0 Å². The second-order valence-corrected chi connectivity index (χ2v) is 6.12. The average Bonchev–Trinajstić information content (AvgIpc) is 2.14. The number of hydrogen-bond donors (Lipinski definition) is 1. The molecule has 0 aliphatic heterocycles. The fourth-order valence-corrected chi connectivity index (χ4v) is 1.85. The van der Waals surface area contributed by atoms with Crippen LogP contribution in [-0.4, -0.2) is 11.4 Å². The number of benzene rings is 1. The summed E-state index contributed by atoms with van der Waals surface area (Å²) in [5, 5.41) is 1.68. The molecule has 0 aliphatic rings. The summed E-state index contributed by atoms with van der Waals surface area (Å²) in [5.74, 6) is -0.899. The van der Waals surface area contributed by atoms with Crippen LogP contribution in [-0.2, 0) is 4.79 Å². The molecule has 0 spiro atoms. The number of carbonyl (C=O) groups is 1. The summed E-state index contributed by atoms with van der Waals surface area (Å²) in [6.45, 7) is 5.52. The summed E-state index contributed by atoms with van der Waals surface area (Å²) >= 11 is 9.10. The van der Waals surface area contributed by atoms with E-state index in [1.165, 1.54) is 12.1 Å². The van der Waals surface area contributed by atoms with Gasteiger partial charge in [0.15, 0.2) is 0 Å². The Morgan fingerprint density at radius 1 is 1.47 bits per heavy atom. The Hall–Kier alpha value is -0.610. The molecular weight excluding hydrogens is 308 g/mol. The molecule has 5 heteroatoms. The first-order valence-electron chi connectivity index (χ1n) is 5.12. The minimum atomic E-state index is -1.03. The molecule has 0 bridgehead atoms. The van der Waals surface area contributed by atoms with Crippen LogP contribution >= 0.6 is 27.5 Å². The highest BCUT2D eigenvalue weighted by Gasteiger charge is 2.24. The van der Waals surface area contributed by atoms with Crippen molar-refractivity contribution in [3.05, 3.63) is 34.1 Å². The van der Waals surface area contributed by atoms with Crippen LogP contribution in [0.4, 0.5) is 4.39 Å². The van der Waals surface area contributed by atoms with Crippen molar-refractivity contribution >= 4 is 33.4 Å². The molecule has 0 aliphatic carbocycles. The van der Waals surface area contributed by atoms with Crippen LogP contribution in [0.2, 0.25) is 0 Å². The molecule has 0 radical (unpaired) electrons. The molecule has 1 unspecified atom stereocenters. The lowest BCUT2D eigenvalue weighted by molar-refractivity contribution is -0.122. The predicted octanol–water partition coefficient (Wildman–Crippen LogP) is 3.78. The van der Waals surface area contributed by atoms with Gasteiger partial charge in [-0.05, 0) is 32.9 Å². The monoisotopic (exact) mass is 321 g/mol. The second kappa shape index (κ2) is 5.36. The van der Waals surface area contributed by atoms with Gasteiger partial charge in [0, 0.05) is 15.6 Å². The van der Waals surface area contributed by atoms with Gasteiger partial charge in [0.2, 0.25) is 5.91 Å². The molecule has 1 rings (SSSR count). The highest BCUT2D eigenvalue weighted by molar-refractivity contribution is 9.10. The number of amides is 1. The SMILES string of the molecule is CC(C)(C)NC(=O)C(Cl)c1ccc(Br)cc1F. The van der Waals surface area contributed by atoms with Crippen LogP contribution in [0.15, 0.2) is 22.7 Å². The van der Waals surface area contributed by atoms with E-state index in [0.29, 0.717) is 4.47 Å². The maximum absolute atomic E-state index is 13.6. The number of hydrogen-bond acceptors (Lipinski definition) is 1. The molecule has 94 valence electrons. The van der Waals surface area contributed by atoms with Crippen molar-refractivity contribution in [1.82, 2.24) is 5.32 Å². The Morgan fingerprint density at radius 2 is 2.06 bits per heavy atom. The van der Waals surface area contributed by atoms with Gasteiger partial charge in [0.05, 0.1) is 0 Å². The third-order valence-electron chi connectivity index (χ3n) is 1.96. The zero-order chi connectivity index (χ0) is 13.2. The van der Waals surface area contributed by atoms with Crippen LogP contribution in [0, 0.1) is 5.82 Å². The van der Waals surface area contributed by atoms with Gasteiger partial charge < -0.3 is 5.32 Å². The van der Waals surface area contributed by atoms with Crippen LogP contribution in [0.3, 0.4) is 0 Å². The van der Waals surface area contributed by atoms with Crippen molar-refractivity contribution < 1.29 is 9.18 Å². The van der Waals surface area contributed by atoms with Gasteiger partial charge >= 0.3 is 0 Å². The molecule has 1 amide bonds. The molecule has 1 N–H and O–H groups in total. The highest BCUT2D eigenvalue weighted by Crippen LogP contribution is 2.26. The summed E-state index contributed by atoms with van der Waals surface area (Å²) < 4.78 is 14.2. The summed E-state index contributed by atoms with van der Waals surface area (Å²) in [5.41, 5.74) is -0.215. The lowest BCUT2D eigenvalue weighted by Gasteiger charge is -2.22. The first-order valence-corrected chi connectivity index (χ1v) is 6.35. The highest BCUT2D eigenvalue weighted by atomic mass is 79.9. The minimum Gasteiger partial charge on any atom is -0.350 e. The van der Waals surface area contributed by atoms with Gasteiger partial charge in [-0.15, -0.1) is 11.6 Å². The lowest BCUT2D eigenvalue weighted by Crippen LogP contribution is -2.42. The Balaban J connectivity index is 2.89. The Kier molecular flexibility index (Phi) is 4.55. The summed E-state index contributed by atoms with van der Waals surface area (Å²) in [6.07, 6.45) is 0. The molecule has 0 aromatic heterocycles. The third kappa shape index (κ3) is 4.28. The molecule has 0 heterocycles. The molecule has 0 saturated heterocycles. The van der Waals surface area contributed by atoms with E-state index < -0.39 is 22.6 Å². The first-order chi connectivity index (χ1) is 7.70. The zero-order valence-electron chi connectivity index (χ0n) is 9.85. The van der Waals surface area contributed by atoms with E-state index in [1.807, 2.05) is 20.8 Å². The Labute approximate surface area is 114 Å². The largest absolute Gasteiger partial charge is 0.350 e. The van der Waals surface area contributed by atoms with E-state index >= 15 is 0 Å². The molecule has 0 saturated carbocycles. The maximum Gasteiger partial charge on any atom is 0.243 e. The minimum absolute atomic E-state index is 0.177. The van der Waals surface area contributed by atoms with E-state index in [-0.39, 0.29) is 5.56 Å². The predicted molar refractivity (Wildman–Crippen MR) is 70.6 cm³/mol. The van der Waals surface area contributed by atoms with Gasteiger partial charge in [-0.3, -0.25) is 4.79 Å². The zero-order valence-corrected chi connectivity index (χ0v) is 12.2. The van der Waals surface area contributed by atoms with Crippen molar-refractivity contribution in [2.45, 2.75) is 31.7 Å². The molecule has 1 aromatic rings. The number of alkyl halides is 1. The summed E-state index contributed by atoms with van der Waals surface area (Å²) in [7, 11) is 0. The first kappa shape index (κ1) is 14.5. The van der Waals surface area contributed by atoms with Crippen LogP contribution < -0.4 is 5.32 Å². The van der Waals surface area contributed by atoms with Gasteiger partial charge in [-0.1, -0.05) is 22.0 Å². The summed E-state index contributed by atoms with van der Waals surface area (Å²) in [6, 6.07) is 4.44. The van der Waals surface area contributed by atoms with Crippen LogP contribution in [0.5, 0.6) is 0 Å². The fourth-order valence-electron chi connectivity index (χ4n) is 1.28. The van der Waals surface area contributed by atoms with Crippen molar-refractivity contribution in [3.63, 3.8) is 0 Å².